The van der Waals surface area contributed by atoms with Gasteiger partial charge in [0.05, 0.1) is 32.0 Å². The minimum absolute atomic E-state index is 0.0527. The van der Waals surface area contributed by atoms with Crippen molar-refractivity contribution < 1.29 is 60.1 Å². The molecule has 1 N–H and O–H groups in total. The van der Waals surface area contributed by atoms with Gasteiger partial charge in [0.25, 0.3) is 0 Å². The van der Waals surface area contributed by atoms with E-state index in [1.807, 2.05) is 0 Å². The van der Waals surface area contributed by atoms with Crippen molar-refractivity contribution in [3.63, 3.8) is 0 Å². The first-order chi connectivity index (χ1) is 20.9. The highest BCUT2D eigenvalue weighted by Gasteiger charge is 2.28. The molecule has 1 amide bonds. The van der Waals surface area contributed by atoms with Crippen molar-refractivity contribution >= 4 is 29.3 Å². The highest BCUT2D eigenvalue weighted by molar-refractivity contribution is 5.90. The molecule has 44 heavy (non-hydrogen) atoms. The Labute approximate surface area is 251 Å². The predicted molar refractivity (Wildman–Crippen MR) is 146 cm³/mol. The van der Waals surface area contributed by atoms with Crippen LogP contribution in [0.4, 0.5) is 27.6 Å². The molecule has 0 unspecified atom stereocenters. The number of rotatable bonds is 19. The summed E-state index contributed by atoms with van der Waals surface area (Å²) in [6.45, 7) is 3.92. The van der Waals surface area contributed by atoms with Gasteiger partial charge in [0, 0.05) is 31.7 Å². The summed E-state index contributed by atoms with van der Waals surface area (Å²) in [6.07, 6.45) is 0.820. The third kappa shape index (κ3) is 12.4. The molecular weight excluding hydrogens is 597 g/mol. The van der Waals surface area contributed by atoms with Crippen LogP contribution >= 0.6 is 0 Å². The van der Waals surface area contributed by atoms with E-state index < -0.39 is 47.2 Å². The minimum atomic E-state index is -2.37. The monoisotopic (exact) mass is 631 g/mol. The predicted octanol–water partition coefficient (Wildman–Crippen LogP) is 5.57. The zero-order valence-electron chi connectivity index (χ0n) is 24.3. The first-order valence-corrected chi connectivity index (χ1v) is 13.8. The Hall–Kier alpha value is -3.91. The van der Waals surface area contributed by atoms with Crippen LogP contribution in [0.25, 0.3) is 0 Å². The Morgan fingerprint density at radius 2 is 1.23 bits per heavy atom. The molecule has 0 bridgehead atoms. The van der Waals surface area contributed by atoms with Crippen LogP contribution in [-0.2, 0) is 40.0 Å². The maximum Gasteiger partial charge on any atom is 0.313 e. The number of benzene rings is 2. The van der Waals surface area contributed by atoms with Gasteiger partial charge in [-0.25, -0.2) is 13.2 Å². The number of ether oxygens (including phenoxy) is 4. The van der Waals surface area contributed by atoms with Crippen LogP contribution in [0.2, 0.25) is 0 Å². The summed E-state index contributed by atoms with van der Waals surface area (Å²) in [5, 5.41) is 2.74. The second-order valence-corrected chi connectivity index (χ2v) is 9.85. The van der Waals surface area contributed by atoms with Gasteiger partial charge in [-0.15, -0.1) is 0 Å². The highest BCUT2D eigenvalue weighted by atomic mass is 19.2. The molecule has 2 aromatic rings. The van der Waals surface area contributed by atoms with Gasteiger partial charge in [-0.1, -0.05) is 26.0 Å². The molecule has 0 atom stereocenters. The average molecular weight is 632 g/mol. The van der Waals surface area contributed by atoms with Gasteiger partial charge in [-0.2, -0.15) is 8.78 Å². The lowest BCUT2D eigenvalue weighted by Crippen LogP contribution is -2.15. The maximum atomic E-state index is 13.5. The number of anilines is 1. The molecule has 0 aliphatic heterocycles. The second-order valence-electron chi connectivity index (χ2n) is 9.85. The van der Waals surface area contributed by atoms with E-state index in [0.717, 1.165) is 5.56 Å². The fourth-order valence-corrected chi connectivity index (χ4v) is 3.46. The molecule has 0 aromatic heterocycles. The van der Waals surface area contributed by atoms with E-state index in [-0.39, 0.29) is 75.9 Å². The number of carbonyl (C=O) groups excluding carboxylic acids is 4. The Balaban J connectivity index is 1.49. The molecule has 9 nitrogen and oxygen atoms in total. The van der Waals surface area contributed by atoms with Crippen LogP contribution in [0.3, 0.4) is 0 Å². The van der Waals surface area contributed by atoms with Crippen LogP contribution < -0.4 is 10.1 Å². The summed E-state index contributed by atoms with van der Waals surface area (Å²) in [7, 11) is 0. The SMILES string of the molecule is CC(C)C(=O)OCc1ccc(NC(=O)CCOCCCC(=O)CCCOCCC(=O)Oc2c(F)c(F)c(F)c(F)c2F)cc1. The lowest BCUT2D eigenvalue weighted by atomic mass is 10.1. The summed E-state index contributed by atoms with van der Waals surface area (Å²) in [4.78, 5) is 47.3. The smallest absolute Gasteiger partial charge is 0.313 e. The zero-order valence-corrected chi connectivity index (χ0v) is 24.3. The standard InChI is InChI=1S/C30H34F5NO8/c1-18(2)30(40)43-17-19-7-9-20(10-8-19)36-22(38)11-15-41-13-3-5-21(37)6-4-14-42-16-12-23(39)44-29-27(34)25(32)24(31)26(33)28(29)35/h7-10,18H,3-6,11-17H2,1-2H3,(H,36,38). The number of hydrogen-bond donors (Lipinski definition) is 1. The van der Waals surface area contributed by atoms with Gasteiger partial charge in [0.15, 0.2) is 0 Å². The topological polar surface area (TPSA) is 117 Å². The number of Topliss-reactive ketones (excluding diaryl/α,β-unsaturated/α-hetero) is 1. The maximum absolute atomic E-state index is 13.5. The number of ketones is 1. The van der Waals surface area contributed by atoms with Gasteiger partial charge < -0.3 is 24.3 Å². The lowest BCUT2D eigenvalue weighted by Gasteiger charge is -2.09. The van der Waals surface area contributed by atoms with Gasteiger partial charge >= 0.3 is 11.9 Å². The van der Waals surface area contributed by atoms with Gasteiger partial charge in [0.1, 0.15) is 12.4 Å². The molecule has 242 valence electrons. The molecule has 0 heterocycles. The van der Waals surface area contributed by atoms with Crippen LogP contribution in [0.1, 0.15) is 57.9 Å². The quantitative estimate of drug-likeness (QED) is 0.0535. The van der Waals surface area contributed by atoms with E-state index in [9.17, 15) is 41.1 Å². The van der Waals surface area contributed by atoms with E-state index in [4.69, 9.17) is 14.2 Å². The summed E-state index contributed by atoms with van der Waals surface area (Å²) in [5.74, 6) is -15.1. The first kappa shape index (κ1) is 36.3. The highest BCUT2D eigenvalue weighted by Crippen LogP contribution is 2.29. The normalized spacial score (nSPS) is 11.0. The number of hydrogen-bond acceptors (Lipinski definition) is 8. The molecule has 0 radical (unpaired) electrons. The third-order valence-electron chi connectivity index (χ3n) is 5.89. The van der Waals surface area contributed by atoms with Crippen LogP contribution in [0.5, 0.6) is 5.75 Å². The third-order valence-corrected chi connectivity index (χ3v) is 5.89. The first-order valence-electron chi connectivity index (χ1n) is 13.8. The van der Waals surface area contributed by atoms with Gasteiger partial charge in [0.2, 0.25) is 40.7 Å². The average Bonchev–Trinajstić information content (AvgIpc) is 3.00. The van der Waals surface area contributed by atoms with Crippen molar-refractivity contribution in [2.24, 2.45) is 5.92 Å². The summed E-state index contributed by atoms with van der Waals surface area (Å²) in [6, 6.07) is 6.90. The molecule has 0 spiro atoms. The largest absolute Gasteiger partial charge is 0.461 e. The molecule has 2 aromatic carbocycles. The summed E-state index contributed by atoms with van der Waals surface area (Å²) in [5.41, 5.74) is 1.38. The van der Waals surface area contributed by atoms with Gasteiger partial charge in [-0.3, -0.25) is 19.2 Å². The molecule has 0 aliphatic rings. The Bertz CT molecular complexity index is 1260. The van der Waals surface area contributed by atoms with Crippen molar-refractivity contribution in [3.8, 4) is 5.75 Å². The Morgan fingerprint density at radius 1 is 0.705 bits per heavy atom. The minimum Gasteiger partial charge on any atom is -0.461 e. The second kappa shape index (κ2) is 18.7. The zero-order chi connectivity index (χ0) is 32.6. The summed E-state index contributed by atoms with van der Waals surface area (Å²) >= 11 is 0. The van der Waals surface area contributed by atoms with Crippen LogP contribution in [0.15, 0.2) is 24.3 Å². The summed E-state index contributed by atoms with van der Waals surface area (Å²) < 4.78 is 86.4. The van der Waals surface area contributed by atoms with Crippen molar-refractivity contribution in [1.29, 1.82) is 0 Å². The van der Waals surface area contributed by atoms with E-state index in [0.29, 0.717) is 18.5 Å². The Kier molecular flexibility index (Phi) is 15.4. The van der Waals surface area contributed by atoms with Crippen molar-refractivity contribution in [2.75, 3.05) is 31.7 Å². The number of nitrogens with one attached hydrogen (secondary N) is 1. The molecule has 0 aliphatic carbocycles. The van der Waals surface area contributed by atoms with E-state index in [2.05, 4.69) is 10.1 Å². The number of esters is 2. The number of carbonyl (C=O) groups is 4. The Morgan fingerprint density at radius 3 is 1.77 bits per heavy atom. The molecular formula is C30H34F5NO8. The number of halogens is 5. The van der Waals surface area contributed by atoms with E-state index in [1.54, 1.807) is 38.1 Å². The van der Waals surface area contributed by atoms with E-state index in [1.165, 1.54) is 0 Å². The van der Waals surface area contributed by atoms with Crippen molar-refractivity contribution in [3.05, 3.63) is 58.9 Å². The fraction of sp³-hybridized carbons (Fsp3) is 0.467. The van der Waals surface area contributed by atoms with Crippen molar-refractivity contribution in [2.45, 2.75) is 59.0 Å². The van der Waals surface area contributed by atoms with E-state index >= 15 is 0 Å². The lowest BCUT2D eigenvalue weighted by molar-refractivity contribution is -0.148. The van der Waals surface area contributed by atoms with Gasteiger partial charge in [-0.05, 0) is 30.5 Å². The molecule has 0 saturated heterocycles. The van der Waals surface area contributed by atoms with Crippen LogP contribution in [-0.4, -0.2) is 50.1 Å². The molecule has 2 rings (SSSR count). The molecule has 0 fully saturated rings. The number of amides is 1. The van der Waals surface area contributed by atoms with Crippen LogP contribution in [0, 0.1) is 35.0 Å². The molecule has 0 saturated carbocycles. The van der Waals surface area contributed by atoms with Crippen molar-refractivity contribution in [1.82, 2.24) is 0 Å². The fourth-order valence-electron chi connectivity index (χ4n) is 3.46. The molecule has 14 heteroatoms.